The minimum Gasteiger partial charge on any atom is -0.507 e. The number of hydrogen-bond acceptors (Lipinski definition) is 5. The molecule has 2 N–H and O–H groups in total. The van der Waals surface area contributed by atoms with Crippen LogP contribution in [0.15, 0.2) is 85.1 Å². The Morgan fingerprint density at radius 1 is 0.848 bits per heavy atom. The number of carboxylic acids is 1. The van der Waals surface area contributed by atoms with Crippen LogP contribution in [0.25, 0.3) is 11.3 Å². The van der Waals surface area contributed by atoms with Gasteiger partial charge in [0.15, 0.2) is 0 Å². The second-order valence-corrected chi connectivity index (χ2v) is 7.70. The van der Waals surface area contributed by atoms with Gasteiger partial charge >= 0.3 is 5.97 Å². The van der Waals surface area contributed by atoms with Crippen LogP contribution in [0.3, 0.4) is 0 Å². The van der Waals surface area contributed by atoms with Crippen LogP contribution < -0.4 is 9.47 Å². The fourth-order valence-corrected chi connectivity index (χ4v) is 3.42. The molecule has 0 aliphatic carbocycles. The number of aromatic hydroxyl groups is 1. The molecule has 1 aromatic heterocycles. The maximum atomic E-state index is 11.2. The minimum atomic E-state index is -1.22. The molecule has 0 saturated heterocycles. The van der Waals surface area contributed by atoms with E-state index in [1.807, 2.05) is 60.7 Å². The summed E-state index contributed by atoms with van der Waals surface area (Å²) in [6.07, 6.45) is 1.69. The van der Waals surface area contributed by atoms with Gasteiger partial charge in [-0.3, -0.25) is 4.98 Å². The molecule has 0 amide bonds. The van der Waals surface area contributed by atoms with Crippen molar-refractivity contribution >= 4 is 17.6 Å². The van der Waals surface area contributed by atoms with E-state index in [9.17, 15) is 9.90 Å². The average molecular weight is 462 g/mol. The summed E-state index contributed by atoms with van der Waals surface area (Å²) in [4.78, 5) is 15.6. The highest BCUT2D eigenvalue weighted by Gasteiger charge is 2.11. The Hall–Kier alpha value is -4.03. The molecule has 0 aliphatic rings. The van der Waals surface area contributed by atoms with Crippen molar-refractivity contribution in [2.45, 2.75) is 13.2 Å². The zero-order chi connectivity index (χ0) is 23.2. The topological polar surface area (TPSA) is 88.9 Å². The first-order valence-electron chi connectivity index (χ1n) is 10.1. The highest BCUT2D eigenvalue weighted by molar-refractivity contribution is 6.30. The highest BCUT2D eigenvalue weighted by atomic mass is 35.5. The maximum absolute atomic E-state index is 11.2. The SMILES string of the molecule is O=C(O)c1cc(OCc2ccnc(-c3cccc(OCc4cccc(Cl)c4)c3)c2)ccc1O. The van der Waals surface area contributed by atoms with E-state index in [1.165, 1.54) is 18.2 Å². The summed E-state index contributed by atoms with van der Waals surface area (Å²) in [5, 5.41) is 19.4. The van der Waals surface area contributed by atoms with E-state index >= 15 is 0 Å². The lowest BCUT2D eigenvalue weighted by Gasteiger charge is -2.10. The molecule has 33 heavy (non-hydrogen) atoms. The number of aromatic nitrogens is 1. The number of carboxylic acid groups (broad SMARTS) is 1. The molecule has 3 aromatic carbocycles. The van der Waals surface area contributed by atoms with Gasteiger partial charge in [0.1, 0.15) is 36.0 Å². The third kappa shape index (κ3) is 5.81. The van der Waals surface area contributed by atoms with Crippen LogP contribution in [0.4, 0.5) is 0 Å². The summed E-state index contributed by atoms with van der Waals surface area (Å²) in [6, 6.07) is 23.0. The smallest absolute Gasteiger partial charge is 0.339 e. The predicted molar refractivity (Wildman–Crippen MR) is 125 cm³/mol. The molecule has 7 heteroatoms. The zero-order valence-corrected chi connectivity index (χ0v) is 18.2. The Balaban J connectivity index is 1.45. The van der Waals surface area contributed by atoms with Crippen molar-refractivity contribution in [3.63, 3.8) is 0 Å². The molecule has 6 nitrogen and oxygen atoms in total. The van der Waals surface area contributed by atoms with Crippen LogP contribution in [-0.2, 0) is 13.2 Å². The second-order valence-electron chi connectivity index (χ2n) is 7.27. The fraction of sp³-hybridized carbons (Fsp3) is 0.0769. The number of hydrogen-bond donors (Lipinski definition) is 2. The molecule has 0 radical (unpaired) electrons. The van der Waals surface area contributed by atoms with Crippen molar-refractivity contribution in [3.8, 4) is 28.5 Å². The number of nitrogens with zero attached hydrogens (tertiary/aromatic N) is 1. The third-order valence-corrected chi connectivity index (χ3v) is 5.09. The van der Waals surface area contributed by atoms with Crippen molar-refractivity contribution in [3.05, 3.63) is 107 Å². The number of ether oxygens (including phenoxy) is 2. The molecule has 4 aromatic rings. The largest absolute Gasteiger partial charge is 0.507 e. The molecule has 166 valence electrons. The first-order chi connectivity index (χ1) is 16.0. The average Bonchev–Trinajstić information content (AvgIpc) is 2.82. The van der Waals surface area contributed by atoms with Crippen molar-refractivity contribution < 1.29 is 24.5 Å². The summed E-state index contributed by atoms with van der Waals surface area (Å²) in [5.74, 6) is -0.471. The number of rotatable bonds is 8. The normalized spacial score (nSPS) is 10.6. The van der Waals surface area contributed by atoms with Gasteiger partial charge in [0.2, 0.25) is 0 Å². The van der Waals surface area contributed by atoms with E-state index in [-0.39, 0.29) is 17.9 Å². The van der Waals surface area contributed by atoms with Crippen LogP contribution in [0.2, 0.25) is 5.02 Å². The predicted octanol–water partition coefficient (Wildman–Crippen LogP) is 5.96. The Morgan fingerprint density at radius 2 is 1.58 bits per heavy atom. The van der Waals surface area contributed by atoms with Crippen molar-refractivity contribution in [1.82, 2.24) is 4.98 Å². The number of phenols is 1. The van der Waals surface area contributed by atoms with Gasteiger partial charge < -0.3 is 19.7 Å². The molecule has 0 unspecified atom stereocenters. The summed E-state index contributed by atoms with van der Waals surface area (Å²) < 4.78 is 11.6. The molecule has 4 rings (SSSR count). The minimum absolute atomic E-state index is 0.211. The Bertz CT molecular complexity index is 1290. The lowest BCUT2D eigenvalue weighted by Crippen LogP contribution is -2.00. The highest BCUT2D eigenvalue weighted by Crippen LogP contribution is 2.26. The molecular weight excluding hydrogens is 442 g/mol. The first kappa shape index (κ1) is 22.2. The Kier molecular flexibility index (Phi) is 6.76. The van der Waals surface area contributed by atoms with Gasteiger partial charge in [-0.05, 0) is 65.7 Å². The first-order valence-corrected chi connectivity index (χ1v) is 10.5. The van der Waals surface area contributed by atoms with Crippen LogP contribution in [0.5, 0.6) is 17.2 Å². The fourth-order valence-electron chi connectivity index (χ4n) is 3.20. The van der Waals surface area contributed by atoms with Crippen LogP contribution in [0, 0.1) is 0 Å². The summed E-state index contributed by atoms with van der Waals surface area (Å²) >= 11 is 6.03. The quantitative estimate of drug-likeness (QED) is 0.336. The van der Waals surface area contributed by atoms with Crippen molar-refractivity contribution in [2.24, 2.45) is 0 Å². The van der Waals surface area contributed by atoms with E-state index in [0.717, 1.165) is 22.4 Å². The number of carbonyl (C=O) groups is 1. The third-order valence-electron chi connectivity index (χ3n) is 4.85. The van der Waals surface area contributed by atoms with E-state index in [0.29, 0.717) is 23.1 Å². The van der Waals surface area contributed by atoms with E-state index in [2.05, 4.69) is 4.98 Å². The van der Waals surface area contributed by atoms with Crippen LogP contribution in [-0.4, -0.2) is 21.2 Å². The monoisotopic (exact) mass is 461 g/mol. The summed E-state index contributed by atoms with van der Waals surface area (Å²) in [5.41, 5.74) is 3.26. The van der Waals surface area contributed by atoms with Gasteiger partial charge in [-0.25, -0.2) is 4.79 Å². The summed E-state index contributed by atoms with van der Waals surface area (Å²) in [7, 11) is 0. The van der Waals surface area contributed by atoms with Gasteiger partial charge in [-0.2, -0.15) is 0 Å². The second kappa shape index (κ2) is 10.1. The van der Waals surface area contributed by atoms with Crippen molar-refractivity contribution in [2.75, 3.05) is 0 Å². The van der Waals surface area contributed by atoms with E-state index in [1.54, 1.807) is 6.20 Å². The molecule has 0 saturated carbocycles. The number of benzene rings is 3. The standard InChI is InChI=1S/C26H20ClNO5/c27-20-5-1-3-17(11-20)15-32-21-6-2-4-19(13-21)24-12-18(9-10-28-24)16-33-22-7-8-25(29)23(14-22)26(30)31/h1-14,29H,15-16H2,(H,30,31). The van der Waals surface area contributed by atoms with Gasteiger partial charge in [0.25, 0.3) is 0 Å². The lowest BCUT2D eigenvalue weighted by atomic mass is 10.1. The number of aromatic carboxylic acids is 1. The molecule has 0 spiro atoms. The van der Waals surface area contributed by atoms with Gasteiger partial charge in [0, 0.05) is 16.8 Å². The van der Waals surface area contributed by atoms with Crippen molar-refractivity contribution in [1.29, 1.82) is 0 Å². The Labute approximate surface area is 195 Å². The number of pyridine rings is 1. The maximum Gasteiger partial charge on any atom is 0.339 e. The van der Waals surface area contributed by atoms with Gasteiger partial charge in [-0.15, -0.1) is 0 Å². The van der Waals surface area contributed by atoms with Gasteiger partial charge in [-0.1, -0.05) is 35.9 Å². The van der Waals surface area contributed by atoms with Gasteiger partial charge in [0.05, 0.1) is 5.69 Å². The molecule has 0 bridgehead atoms. The van der Waals surface area contributed by atoms with Crippen LogP contribution >= 0.6 is 11.6 Å². The molecular formula is C26H20ClNO5. The number of halogens is 1. The zero-order valence-electron chi connectivity index (χ0n) is 17.4. The Morgan fingerprint density at radius 3 is 2.33 bits per heavy atom. The summed E-state index contributed by atoms with van der Waals surface area (Å²) in [6.45, 7) is 0.612. The molecule has 0 atom stereocenters. The van der Waals surface area contributed by atoms with Crippen LogP contribution in [0.1, 0.15) is 21.5 Å². The molecule has 0 fully saturated rings. The molecule has 1 heterocycles. The molecule has 0 aliphatic heterocycles. The van der Waals surface area contributed by atoms with E-state index in [4.69, 9.17) is 26.2 Å². The lowest BCUT2D eigenvalue weighted by molar-refractivity contribution is 0.0693. The van der Waals surface area contributed by atoms with E-state index < -0.39 is 5.97 Å².